The topological polar surface area (TPSA) is 9.23 Å². The van der Waals surface area contributed by atoms with Crippen LogP contribution in [0.15, 0.2) is 24.3 Å². The van der Waals surface area contributed by atoms with Crippen molar-refractivity contribution in [3.05, 3.63) is 29.8 Å². The van der Waals surface area contributed by atoms with Gasteiger partial charge in [-0.05, 0) is 24.6 Å². The molecular formula is C9H11IO. The molecule has 0 aliphatic heterocycles. The first-order valence-corrected chi connectivity index (χ1v) is 5.11. The van der Waals surface area contributed by atoms with Crippen LogP contribution in [0.4, 0.5) is 0 Å². The van der Waals surface area contributed by atoms with Gasteiger partial charge in [-0.15, -0.1) is 0 Å². The second kappa shape index (κ2) is 4.59. The van der Waals surface area contributed by atoms with Crippen molar-refractivity contribution < 1.29 is 4.74 Å². The van der Waals surface area contributed by atoms with Crippen LogP contribution in [-0.2, 0) is 0 Å². The number of aryl methyl sites for hydroxylation is 1. The van der Waals surface area contributed by atoms with Crippen LogP contribution < -0.4 is 4.74 Å². The van der Waals surface area contributed by atoms with E-state index in [4.69, 9.17) is 4.74 Å². The van der Waals surface area contributed by atoms with Gasteiger partial charge in [0.2, 0.25) is 0 Å². The minimum absolute atomic E-state index is 0.796. The van der Waals surface area contributed by atoms with E-state index in [2.05, 4.69) is 35.6 Å². The molecule has 0 heterocycles. The molecule has 1 nitrogen and oxygen atoms in total. The van der Waals surface area contributed by atoms with Gasteiger partial charge >= 0.3 is 0 Å². The zero-order chi connectivity index (χ0) is 8.10. The first-order chi connectivity index (χ1) is 5.33. The number of ether oxygens (including phenoxy) is 1. The quantitative estimate of drug-likeness (QED) is 0.601. The highest BCUT2D eigenvalue weighted by Gasteiger charge is 1.90. The van der Waals surface area contributed by atoms with Gasteiger partial charge in [0.1, 0.15) is 5.75 Å². The maximum absolute atomic E-state index is 5.43. The summed E-state index contributed by atoms with van der Waals surface area (Å²) in [6, 6.07) is 8.11. The third-order valence-electron chi connectivity index (χ3n) is 1.34. The molecule has 0 spiro atoms. The minimum Gasteiger partial charge on any atom is -0.493 e. The maximum Gasteiger partial charge on any atom is 0.119 e. The van der Waals surface area contributed by atoms with E-state index in [9.17, 15) is 0 Å². The highest BCUT2D eigenvalue weighted by Crippen LogP contribution is 2.11. The van der Waals surface area contributed by atoms with Gasteiger partial charge in [-0.3, -0.25) is 0 Å². The SMILES string of the molecule is Cc1cccc(OCCI)c1. The Hall–Kier alpha value is -0.250. The summed E-state index contributed by atoms with van der Waals surface area (Å²) in [7, 11) is 0. The van der Waals surface area contributed by atoms with Crippen molar-refractivity contribution in [1.29, 1.82) is 0 Å². The number of hydrogen-bond donors (Lipinski definition) is 0. The van der Waals surface area contributed by atoms with E-state index in [0.717, 1.165) is 16.8 Å². The molecule has 60 valence electrons. The molecule has 0 radical (unpaired) electrons. The molecule has 0 N–H and O–H groups in total. The molecule has 0 unspecified atom stereocenters. The fourth-order valence-corrected chi connectivity index (χ4v) is 1.08. The lowest BCUT2D eigenvalue weighted by Gasteiger charge is -2.03. The molecular weight excluding hydrogens is 251 g/mol. The molecule has 1 aromatic rings. The van der Waals surface area contributed by atoms with Crippen molar-refractivity contribution in [2.45, 2.75) is 6.92 Å². The Balaban J connectivity index is 2.56. The van der Waals surface area contributed by atoms with Crippen LogP contribution in [0.3, 0.4) is 0 Å². The van der Waals surface area contributed by atoms with Crippen LogP contribution in [0.1, 0.15) is 5.56 Å². The highest BCUT2D eigenvalue weighted by molar-refractivity contribution is 14.1. The zero-order valence-corrected chi connectivity index (χ0v) is 8.67. The van der Waals surface area contributed by atoms with E-state index in [1.54, 1.807) is 0 Å². The average Bonchev–Trinajstić information content (AvgIpc) is 2.01. The molecule has 0 aliphatic rings. The fourth-order valence-electron chi connectivity index (χ4n) is 0.862. The highest BCUT2D eigenvalue weighted by atomic mass is 127. The van der Waals surface area contributed by atoms with E-state index in [0.29, 0.717) is 0 Å². The molecule has 11 heavy (non-hydrogen) atoms. The molecule has 0 atom stereocenters. The third-order valence-corrected chi connectivity index (χ3v) is 1.78. The molecule has 0 fully saturated rings. The lowest BCUT2D eigenvalue weighted by atomic mass is 10.2. The van der Waals surface area contributed by atoms with Gasteiger partial charge in [0.25, 0.3) is 0 Å². The van der Waals surface area contributed by atoms with Crippen LogP contribution >= 0.6 is 22.6 Å². The predicted octanol–water partition coefficient (Wildman–Crippen LogP) is 2.81. The summed E-state index contributed by atoms with van der Waals surface area (Å²) in [6.07, 6.45) is 0. The van der Waals surface area contributed by atoms with Crippen molar-refractivity contribution in [1.82, 2.24) is 0 Å². The Morgan fingerprint density at radius 2 is 2.27 bits per heavy atom. The number of benzene rings is 1. The van der Waals surface area contributed by atoms with Gasteiger partial charge in [0.05, 0.1) is 6.61 Å². The summed E-state index contributed by atoms with van der Waals surface area (Å²) in [5, 5.41) is 0. The molecule has 0 amide bonds. The van der Waals surface area contributed by atoms with Gasteiger partial charge in [0.15, 0.2) is 0 Å². The van der Waals surface area contributed by atoms with Crippen LogP contribution in [0.5, 0.6) is 5.75 Å². The molecule has 0 aromatic heterocycles. The minimum atomic E-state index is 0.796. The second-order valence-corrected chi connectivity index (χ2v) is 3.43. The van der Waals surface area contributed by atoms with E-state index in [1.165, 1.54) is 5.56 Å². The monoisotopic (exact) mass is 262 g/mol. The Kier molecular flexibility index (Phi) is 3.69. The van der Waals surface area contributed by atoms with Gasteiger partial charge in [-0.2, -0.15) is 0 Å². The van der Waals surface area contributed by atoms with Crippen LogP contribution in [0.2, 0.25) is 0 Å². The summed E-state index contributed by atoms with van der Waals surface area (Å²) in [6.45, 7) is 2.86. The maximum atomic E-state index is 5.43. The van der Waals surface area contributed by atoms with Crippen LogP contribution in [0.25, 0.3) is 0 Å². The Morgan fingerprint density at radius 3 is 2.91 bits per heavy atom. The summed E-state index contributed by atoms with van der Waals surface area (Å²) < 4.78 is 6.46. The smallest absolute Gasteiger partial charge is 0.119 e. The summed E-state index contributed by atoms with van der Waals surface area (Å²) in [4.78, 5) is 0. The first-order valence-electron chi connectivity index (χ1n) is 3.58. The van der Waals surface area contributed by atoms with Gasteiger partial charge < -0.3 is 4.74 Å². The lowest BCUT2D eigenvalue weighted by Crippen LogP contribution is -1.97. The van der Waals surface area contributed by atoms with Crippen molar-refractivity contribution in [2.75, 3.05) is 11.0 Å². The second-order valence-electron chi connectivity index (χ2n) is 2.35. The fraction of sp³-hybridized carbons (Fsp3) is 0.333. The Labute approximate surface area is 80.9 Å². The third kappa shape index (κ3) is 3.10. The molecule has 2 heteroatoms. The normalized spacial score (nSPS) is 9.64. The standard InChI is InChI=1S/C9H11IO/c1-8-3-2-4-9(7-8)11-6-5-10/h2-4,7H,5-6H2,1H3. The van der Waals surface area contributed by atoms with E-state index < -0.39 is 0 Å². The molecule has 0 aliphatic carbocycles. The van der Waals surface area contributed by atoms with E-state index >= 15 is 0 Å². The van der Waals surface area contributed by atoms with Gasteiger partial charge in [0, 0.05) is 4.43 Å². The van der Waals surface area contributed by atoms with Crippen LogP contribution in [0, 0.1) is 6.92 Å². The average molecular weight is 262 g/mol. The summed E-state index contributed by atoms with van der Waals surface area (Å²) in [5.41, 5.74) is 1.25. The molecule has 0 saturated carbocycles. The number of rotatable bonds is 3. The number of halogens is 1. The van der Waals surface area contributed by atoms with Crippen molar-refractivity contribution in [3.8, 4) is 5.75 Å². The van der Waals surface area contributed by atoms with Crippen molar-refractivity contribution >= 4 is 22.6 Å². The van der Waals surface area contributed by atoms with Crippen LogP contribution in [-0.4, -0.2) is 11.0 Å². The Morgan fingerprint density at radius 1 is 1.45 bits per heavy atom. The number of alkyl halides is 1. The lowest BCUT2D eigenvalue weighted by molar-refractivity contribution is 0.346. The summed E-state index contributed by atoms with van der Waals surface area (Å²) >= 11 is 2.30. The molecule has 0 saturated heterocycles. The number of hydrogen-bond acceptors (Lipinski definition) is 1. The van der Waals surface area contributed by atoms with Gasteiger partial charge in [-0.25, -0.2) is 0 Å². The van der Waals surface area contributed by atoms with Gasteiger partial charge in [-0.1, -0.05) is 34.7 Å². The zero-order valence-electron chi connectivity index (χ0n) is 6.51. The largest absolute Gasteiger partial charge is 0.493 e. The predicted molar refractivity (Wildman–Crippen MR) is 55.6 cm³/mol. The van der Waals surface area contributed by atoms with Crippen molar-refractivity contribution in [2.24, 2.45) is 0 Å². The van der Waals surface area contributed by atoms with Crippen molar-refractivity contribution in [3.63, 3.8) is 0 Å². The van der Waals surface area contributed by atoms with E-state index in [1.807, 2.05) is 18.2 Å². The van der Waals surface area contributed by atoms with E-state index in [-0.39, 0.29) is 0 Å². The Bertz CT molecular complexity index is 223. The summed E-state index contributed by atoms with van der Waals surface area (Å²) in [5.74, 6) is 0.974. The molecule has 0 bridgehead atoms. The first kappa shape index (κ1) is 8.84. The molecule has 1 aromatic carbocycles. The molecule has 1 rings (SSSR count).